The lowest BCUT2D eigenvalue weighted by molar-refractivity contribution is 0.0893. The highest BCUT2D eigenvalue weighted by molar-refractivity contribution is 7.92. The molecule has 0 saturated carbocycles. The molecule has 152 valence electrons. The van der Waals surface area contributed by atoms with Crippen LogP contribution >= 0.6 is 0 Å². The normalized spacial score (nSPS) is 17.4. The molecule has 1 atom stereocenters. The first kappa shape index (κ1) is 20.5. The number of benzene rings is 2. The van der Waals surface area contributed by atoms with E-state index >= 15 is 0 Å². The Morgan fingerprint density at radius 2 is 1.93 bits per heavy atom. The molecule has 28 heavy (non-hydrogen) atoms. The number of piperidine rings is 1. The summed E-state index contributed by atoms with van der Waals surface area (Å²) in [5.41, 5.74) is 2.40. The van der Waals surface area contributed by atoms with Crippen LogP contribution in [0, 0.1) is 6.92 Å². The number of sulfonamides is 1. The van der Waals surface area contributed by atoms with E-state index in [1.54, 1.807) is 37.4 Å². The first-order valence-corrected chi connectivity index (χ1v) is 11.1. The smallest absolute Gasteiger partial charge is 0.261 e. The molecule has 6 nitrogen and oxygen atoms in total. The fraction of sp³-hybridized carbons (Fsp3) is 0.429. The Hall–Kier alpha value is -2.25. The minimum Gasteiger partial charge on any atom is -0.494 e. The Morgan fingerprint density at radius 3 is 2.57 bits per heavy atom. The van der Waals surface area contributed by atoms with Crippen molar-refractivity contribution in [2.45, 2.75) is 37.7 Å². The maximum atomic E-state index is 12.7. The van der Waals surface area contributed by atoms with Crippen molar-refractivity contribution in [3.63, 3.8) is 0 Å². The monoisotopic (exact) mass is 404 g/mol. The van der Waals surface area contributed by atoms with Crippen molar-refractivity contribution in [3.8, 4) is 5.75 Å². The summed E-state index contributed by atoms with van der Waals surface area (Å²) in [5.74, 6) is 0.696. The summed E-state index contributed by atoms with van der Waals surface area (Å²) < 4.78 is 39.0. The molecule has 2 aromatic carbocycles. The van der Waals surface area contributed by atoms with Crippen LogP contribution in [0.4, 0.5) is 11.4 Å². The van der Waals surface area contributed by atoms with Crippen molar-refractivity contribution in [2.24, 2.45) is 0 Å². The zero-order valence-electron chi connectivity index (χ0n) is 16.6. The van der Waals surface area contributed by atoms with Crippen LogP contribution in [0.5, 0.6) is 5.75 Å². The SMILES string of the molecule is CCOc1ccc(S(=O)(=O)Nc2ccc(N3CCCC(OC)C3)cc2)cc1C. The van der Waals surface area contributed by atoms with Gasteiger partial charge < -0.3 is 14.4 Å². The summed E-state index contributed by atoms with van der Waals surface area (Å²) in [5, 5.41) is 0. The van der Waals surface area contributed by atoms with E-state index in [1.165, 1.54) is 0 Å². The summed E-state index contributed by atoms with van der Waals surface area (Å²) in [6, 6.07) is 12.4. The molecule has 0 amide bonds. The van der Waals surface area contributed by atoms with E-state index in [0.717, 1.165) is 37.2 Å². The van der Waals surface area contributed by atoms with Crippen molar-refractivity contribution in [1.29, 1.82) is 0 Å². The molecule has 1 saturated heterocycles. The van der Waals surface area contributed by atoms with Crippen molar-refractivity contribution in [2.75, 3.05) is 36.4 Å². The number of aryl methyl sites for hydroxylation is 1. The quantitative estimate of drug-likeness (QED) is 0.760. The Labute approximate surface area is 167 Å². The number of rotatable bonds is 7. The van der Waals surface area contributed by atoms with Crippen molar-refractivity contribution >= 4 is 21.4 Å². The molecular formula is C21H28N2O4S. The number of methoxy groups -OCH3 is 1. The van der Waals surface area contributed by atoms with Gasteiger partial charge in [-0.1, -0.05) is 0 Å². The van der Waals surface area contributed by atoms with E-state index in [1.807, 2.05) is 26.0 Å². The average molecular weight is 405 g/mol. The van der Waals surface area contributed by atoms with Gasteiger partial charge in [-0.2, -0.15) is 0 Å². The lowest BCUT2D eigenvalue weighted by atomic mass is 10.1. The first-order valence-electron chi connectivity index (χ1n) is 9.57. The Morgan fingerprint density at radius 1 is 1.18 bits per heavy atom. The highest BCUT2D eigenvalue weighted by atomic mass is 32.2. The fourth-order valence-electron chi connectivity index (χ4n) is 3.43. The Balaban J connectivity index is 1.71. The van der Waals surface area contributed by atoms with Gasteiger partial charge in [0.2, 0.25) is 0 Å². The number of ether oxygens (including phenoxy) is 2. The molecule has 1 aliphatic rings. The second-order valence-corrected chi connectivity index (χ2v) is 8.64. The van der Waals surface area contributed by atoms with E-state index < -0.39 is 10.0 Å². The number of hydrogen-bond donors (Lipinski definition) is 1. The highest BCUT2D eigenvalue weighted by Gasteiger charge is 2.20. The lowest BCUT2D eigenvalue weighted by Gasteiger charge is -2.33. The number of hydrogen-bond acceptors (Lipinski definition) is 5. The van der Waals surface area contributed by atoms with Gasteiger partial charge in [-0.15, -0.1) is 0 Å². The molecule has 0 radical (unpaired) electrons. The van der Waals surface area contributed by atoms with Gasteiger partial charge in [-0.3, -0.25) is 4.72 Å². The van der Waals surface area contributed by atoms with Crippen molar-refractivity contribution < 1.29 is 17.9 Å². The third-order valence-electron chi connectivity index (χ3n) is 4.95. The van der Waals surface area contributed by atoms with Crippen LogP contribution in [0.15, 0.2) is 47.4 Å². The predicted octanol–water partition coefficient (Wildman–Crippen LogP) is 3.81. The van der Waals surface area contributed by atoms with E-state index in [0.29, 0.717) is 18.0 Å². The first-order chi connectivity index (χ1) is 13.4. The summed E-state index contributed by atoms with van der Waals surface area (Å²) >= 11 is 0. The van der Waals surface area contributed by atoms with E-state index in [-0.39, 0.29) is 11.0 Å². The van der Waals surface area contributed by atoms with Crippen LogP contribution in [0.2, 0.25) is 0 Å². The molecule has 0 aromatic heterocycles. The summed E-state index contributed by atoms with van der Waals surface area (Å²) in [6.07, 6.45) is 2.41. The van der Waals surface area contributed by atoms with E-state index in [9.17, 15) is 8.42 Å². The second-order valence-electron chi connectivity index (χ2n) is 6.96. The number of nitrogens with one attached hydrogen (secondary N) is 1. The molecule has 1 N–H and O–H groups in total. The van der Waals surface area contributed by atoms with Crippen molar-refractivity contribution in [3.05, 3.63) is 48.0 Å². The molecule has 0 bridgehead atoms. The zero-order chi connectivity index (χ0) is 20.1. The van der Waals surface area contributed by atoms with Crippen LogP contribution in [0.3, 0.4) is 0 Å². The topological polar surface area (TPSA) is 67.9 Å². The number of nitrogens with zero attached hydrogens (tertiary/aromatic N) is 1. The Kier molecular flexibility index (Phi) is 6.46. The van der Waals surface area contributed by atoms with Crippen LogP contribution < -0.4 is 14.4 Å². The van der Waals surface area contributed by atoms with Crippen LogP contribution in [-0.4, -0.2) is 41.3 Å². The molecular weight excluding hydrogens is 376 g/mol. The highest BCUT2D eigenvalue weighted by Crippen LogP contribution is 2.26. The molecule has 0 aliphatic carbocycles. The predicted molar refractivity (Wildman–Crippen MR) is 112 cm³/mol. The van der Waals surface area contributed by atoms with Crippen molar-refractivity contribution in [1.82, 2.24) is 0 Å². The maximum Gasteiger partial charge on any atom is 0.261 e. The van der Waals surface area contributed by atoms with Gasteiger partial charge in [0.25, 0.3) is 10.0 Å². The molecule has 0 spiro atoms. The largest absolute Gasteiger partial charge is 0.494 e. The van der Waals surface area contributed by atoms with E-state index in [4.69, 9.17) is 9.47 Å². The minimum absolute atomic E-state index is 0.219. The van der Waals surface area contributed by atoms with Gasteiger partial charge in [-0.25, -0.2) is 8.42 Å². The zero-order valence-corrected chi connectivity index (χ0v) is 17.5. The van der Waals surface area contributed by atoms with Crippen LogP contribution in [0.1, 0.15) is 25.3 Å². The molecule has 3 rings (SSSR count). The van der Waals surface area contributed by atoms with Crippen LogP contribution in [0.25, 0.3) is 0 Å². The standard InChI is InChI=1S/C21H28N2O4S/c1-4-27-21-12-11-20(14-16(21)2)28(24,25)22-17-7-9-18(10-8-17)23-13-5-6-19(15-23)26-3/h7-12,14,19,22H,4-6,13,15H2,1-3H3. The lowest BCUT2D eigenvalue weighted by Crippen LogP contribution is -2.39. The van der Waals surface area contributed by atoms with Gasteiger partial charge in [0.1, 0.15) is 5.75 Å². The fourth-order valence-corrected chi connectivity index (χ4v) is 4.57. The molecule has 1 aliphatic heterocycles. The van der Waals surface area contributed by atoms with E-state index in [2.05, 4.69) is 9.62 Å². The van der Waals surface area contributed by atoms with Gasteiger partial charge in [0.05, 0.1) is 17.6 Å². The van der Waals surface area contributed by atoms with Crippen LogP contribution in [-0.2, 0) is 14.8 Å². The van der Waals surface area contributed by atoms with Gasteiger partial charge >= 0.3 is 0 Å². The third kappa shape index (κ3) is 4.77. The summed E-state index contributed by atoms with van der Waals surface area (Å²) in [6.45, 7) is 6.11. The second kappa shape index (κ2) is 8.84. The molecule has 7 heteroatoms. The summed E-state index contributed by atoms with van der Waals surface area (Å²) in [4.78, 5) is 2.49. The van der Waals surface area contributed by atoms with Gasteiger partial charge in [-0.05, 0) is 74.7 Å². The maximum absolute atomic E-state index is 12.7. The number of anilines is 2. The molecule has 1 heterocycles. The molecule has 2 aromatic rings. The third-order valence-corrected chi connectivity index (χ3v) is 6.33. The minimum atomic E-state index is -3.66. The molecule has 1 unspecified atom stereocenters. The van der Waals surface area contributed by atoms with Gasteiger partial charge in [0, 0.05) is 31.6 Å². The Bertz CT molecular complexity index is 897. The average Bonchev–Trinajstić information content (AvgIpc) is 2.70. The van der Waals surface area contributed by atoms with Gasteiger partial charge in [0.15, 0.2) is 0 Å². The summed E-state index contributed by atoms with van der Waals surface area (Å²) in [7, 11) is -1.91. The molecule has 1 fully saturated rings.